The second-order valence-electron chi connectivity index (χ2n) is 9.34. The van der Waals surface area contributed by atoms with E-state index in [4.69, 9.17) is 5.10 Å². The molecule has 1 unspecified atom stereocenters. The lowest BCUT2D eigenvalue weighted by molar-refractivity contribution is -0.143. The van der Waals surface area contributed by atoms with Crippen molar-refractivity contribution in [1.82, 2.24) is 14.6 Å². The zero-order valence-electron chi connectivity index (χ0n) is 18.8. The van der Waals surface area contributed by atoms with Crippen LogP contribution < -0.4 is 0 Å². The molecule has 3 aromatic rings. The number of carboxylic acids is 1. The van der Waals surface area contributed by atoms with Crippen LogP contribution in [0, 0.1) is 19.7 Å². The van der Waals surface area contributed by atoms with E-state index in [1.54, 1.807) is 24.4 Å². The molecular weight excluding hydrogens is 381 g/mol. The van der Waals surface area contributed by atoms with Crippen molar-refractivity contribution in [1.29, 1.82) is 0 Å². The molecule has 1 N–H and O–H groups in total. The summed E-state index contributed by atoms with van der Waals surface area (Å²) in [4.78, 5) is 17.1. The number of aromatic nitrogens is 3. The maximum absolute atomic E-state index is 15.2. The third-order valence-corrected chi connectivity index (χ3v) is 5.71. The molecule has 160 valence electrons. The normalized spacial score (nSPS) is 14.1. The van der Waals surface area contributed by atoms with Crippen molar-refractivity contribution in [2.24, 2.45) is 0 Å². The molecule has 2 aromatic heterocycles. The molecule has 1 atom stereocenters. The van der Waals surface area contributed by atoms with E-state index in [0.717, 1.165) is 11.3 Å². The number of aryl methyl sites for hydroxylation is 2. The first kappa shape index (κ1) is 21.9. The number of nitrogens with zero attached hydrogens (tertiary/aromatic N) is 3. The summed E-state index contributed by atoms with van der Waals surface area (Å²) in [5.41, 5.74) is 2.62. The van der Waals surface area contributed by atoms with Gasteiger partial charge in [0.1, 0.15) is 5.82 Å². The molecule has 5 nitrogen and oxygen atoms in total. The fourth-order valence-electron chi connectivity index (χ4n) is 4.05. The maximum Gasteiger partial charge on any atom is 0.313 e. The summed E-state index contributed by atoms with van der Waals surface area (Å²) >= 11 is 0. The molecule has 0 bridgehead atoms. The molecule has 3 rings (SSSR count). The van der Waals surface area contributed by atoms with E-state index < -0.39 is 17.2 Å². The number of fused-ring (bicyclic) bond motifs is 1. The topological polar surface area (TPSA) is 67.5 Å². The van der Waals surface area contributed by atoms with Crippen LogP contribution in [0.3, 0.4) is 0 Å². The predicted octanol–water partition coefficient (Wildman–Crippen LogP) is 5.59. The number of carboxylic acid groups (broad SMARTS) is 1. The van der Waals surface area contributed by atoms with Gasteiger partial charge in [-0.2, -0.15) is 5.10 Å². The first-order valence-corrected chi connectivity index (χ1v) is 10.3. The van der Waals surface area contributed by atoms with Crippen molar-refractivity contribution in [3.63, 3.8) is 0 Å². The summed E-state index contributed by atoms with van der Waals surface area (Å²) in [5.74, 6) is -1.36. The molecular formula is C24H30FN3O2. The van der Waals surface area contributed by atoms with E-state index in [9.17, 15) is 9.90 Å². The Labute approximate surface area is 177 Å². The minimum absolute atomic E-state index is 0.232. The van der Waals surface area contributed by atoms with Crippen molar-refractivity contribution in [2.45, 2.75) is 72.1 Å². The summed E-state index contributed by atoms with van der Waals surface area (Å²) in [7, 11) is 0. The lowest BCUT2D eigenvalue weighted by Gasteiger charge is -2.29. The first-order valence-electron chi connectivity index (χ1n) is 10.3. The van der Waals surface area contributed by atoms with Crippen molar-refractivity contribution in [2.75, 3.05) is 0 Å². The average molecular weight is 412 g/mol. The van der Waals surface area contributed by atoms with Crippen molar-refractivity contribution < 1.29 is 14.3 Å². The Morgan fingerprint density at radius 3 is 2.37 bits per heavy atom. The van der Waals surface area contributed by atoms with Gasteiger partial charge in [-0.05, 0) is 44.9 Å². The quantitative estimate of drug-likeness (QED) is 0.594. The van der Waals surface area contributed by atoms with Gasteiger partial charge in [-0.1, -0.05) is 40.2 Å². The van der Waals surface area contributed by atoms with Gasteiger partial charge in [0, 0.05) is 28.3 Å². The zero-order valence-corrected chi connectivity index (χ0v) is 18.8. The summed E-state index contributed by atoms with van der Waals surface area (Å²) in [5, 5.41) is 14.9. The van der Waals surface area contributed by atoms with Gasteiger partial charge in [0.15, 0.2) is 5.65 Å². The van der Waals surface area contributed by atoms with E-state index in [-0.39, 0.29) is 5.41 Å². The molecule has 1 aromatic carbocycles. The second kappa shape index (κ2) is 7.49. The number of rotatable bonds is 5. The Bertz CT molecular complexity index is 1130. The van der Waals surface area contributed by atoms with E-state index in [1.807, 2.05) is 46.8 Å². The minimum atomic E-state index is -1.22. The smallest absolute Gasteiger partial charge is 0.313 e. The van der Waals surface area contributed by atoms with Crippen LogP contribution in [-0.4, -0.2) is 25.7 Å². The standard InChI is InChI=1S/C24H30FN3O2/c1-8-11-24(7,22(29)30)20-15(3)26-19-13-18(23(4,5)6)27-28(19)21(20)16-10-9-14(2)12-17(16)25/h9-10,12-13H,8,11H2,1-7H3,(H,29,30). The summed E-state index contributed by atoms with van der Waals surface area (Å²) in [6, 6.07) is 6.89. The third-order valence-electron chi connectivity index (χ3n) is 5.71. The Hall–Kier alpha value is -2.76. The Morgan fingerprint density at radius 1 is 1.17 bits per heavy atom. The van der Waals surface area contributed by atoms with Gasteiger partial charge in [-0.15, -0.1) is 0 Å². The molecule has 30 heavy (non-hydrogen) atoms. The van der Waals surface area contributed by atoms with Crippen molar-refractivity contribution in [3.8, 4) is 11.3 Å². The molecule has 0 spiro atoms. The predicted molar refractivity (Wildman–Crippen MR) is 116 cm³/mol. The van der Waals surface area contributed by atoms with Gasteiger partial charge in [-0.3, -0.25) is 4.79 Å². The number of hydrogen-bond acceptors (Lipinski definition) is 3. The van der Waals surface area contributed by atoms with E-state index in [2.05, 4.69) is 4.98 Å². The SMILES string of the molecule is CCCC(C)(C(=O)O)c1c(C)nc2cc(C(C)(C)C)nn2c1-c1ccc(C)cc1F. The van der Waals surface area contributed by atoms with Crippen LogP contribution in [0.1, 0.15) is 70.0 Å². The fraction of sp³-hybridized carbons (Fsp3) is 0.458. The molecule has 0 amide bonds. The number of carbonyl (C=O) groups is 1. The highest BCUT2D eigenvalue weighted by Crippen LogP contribution is 2.40. The van der Waals surface area contributed by atoms with Gasteiger partial charge >= 0.3 is 5.97 Å². The van der Waals surface area contributed by atoms with Crippen LogP contribution in [0.15, 0.2) is 24.3 Å². The molecule has 0 aliphatic heterocycles. The summed E-state index contributed by atoms with van der Waals surface area (Å²) in [6.07, 6.45) is 1.08. The van der Waals surface area contributed by atoms with Gasteiger partial charge in [0.05, 0.1) is 16.8 Å². The van der Waals surface area contributed by atoms with Crippen LogP contribution >= 0.6 is 0 Å². The fourth-order valence-corrected chi connectivity index (χ4v) is 4.05. The number of halogens is 1. The van der Waals surface area contributed by atoms with Gasteiger partial charge in [0.2, 0.25) is 0 Å². The van der Waals surface area contributed by atoms with Crippen molar-refractivity contribution in [3.05, 3.63) is 52.6 Å². The van der Waals surface area contributed by atoms with Gasteiger partial charge < -0.3 is 5.11 Å². The number of aliphatic carboxylic acids is 1. The highest BCUT2D eigenvalue weighted by Gasteiger charge is 2.40. The summed E-state index contributed by atoms with van der Waals surface area (Å²) < 4.78 is 16.8. The molecule has 6 heteroatoms. The molecule has 0 aliphatic carbocycles. The lowest BCUT2D eigenvalue weighted by atomic mass is 9.76. The molecule has 2 heterocycles. The Kier molecular flexibility index (Phi) is 5.48. The largest absolute Gasteiger partial charge is 0.481 e. The van der Waals surface area contributed by atoms with Crippen molar-refractivity contribution >= 4 is 11.6 Å². The Balaban J connectivity index is 2.52. The maximum atomic E-state index is 15.2. The molecule has 0 saturated carbocycles. The monoisotopic (exact) mass is 411 g/mol. The molecule has 0 saturated heterocycles. The molecule has 0 aliphatic rings. The van der Waals surface area contributed by atoms with Crippen LogP contribution in [-0.2, 0) is 15.6 Å². The first-order chi connectivity index (χ1) is 13.9. The highest BCUT2D eigenvalue weighted by atomic mass is 19.1. The molecule has 0 radical (unpaired) electrons. The average Bonchev–Trinajstić information content (AvgIpc) is 3.05. The number of benzene rings is 1. The minimum Gasteiger partial charge on any atom is -0.481 e. The van der Waals surface area contributed by atoms with Crippen LogP contribution in [0.4, 0.5) is 4.39 Å². The highest BCUT2D eigenvalue weighted by molar-refractivity contribution is 5.85. The van der Waals surface area contributed by atoms with Crippen LogP contribution in [0.2, 0.25) is 0 Å². The lowest BCUT2D eigenvalue weighted by Crippen LogP contribution is -2.35. The zero-order chi connectivity index (χ0) is 22.4. The summed E-state index contributed by atoms with van der Waals surface area (Å²) in [6.45, 7) is 13.4. The van der Waals surface area contributed by atoms with Crippen LogP contribution in [0.25, 0.3) is 16.9 Å². The second-order valence-corrected chi connectivity index (χ2v) is 9.34. The third kappa shape index (κ3) is 3.59. The van der Waals surface area contributed by atoms with Gasteiger partial charge in [-0.25, -0.2) is 13.9 Å². The van der Waals surface area contributed by atoms with E-state index >= 15 is 4.39 Å². The number of hydrogen-bond donors (Lipinski definition) is 1. The van der Waals surface area contributed by atoms with Crippen LogP contribution in [0.5, 0.6) is 0 Å². The van der Waals surface area contributed by atoms with E-state index in [0.29, 0.717) is 41.0 Å². The van der Waals surface area contributed by atoms with Gasteiger partial charge in [0.25, 0.3) is 0 Å². The van der Waals surface area contributed by atoms with E-state index in [1.165, 1.54) is 6.07 Å². The molecule has 0 fully saturated rings. The Morgan fingerprint density at radius 2 is 1.83 bits per heavy atom.